The third-order valence-electron chi connectivity index (χ3n) is 6.12. The summed E-state index contributed by atoms with van der Waals surface area (Å²) in [6, 6.07) is 4.05. The number of nitrogens with one attached hydrogen (secondary N) is 2. The number of thiophene rings is 1. The lowest BCUT2D eigenvalue weighted by molar-refractivity contribution is -0.137. The molecule has 2 heterocycles. The SMILES string of the molecule is Cc1ncc(C(F)(F)F)cc1NC(C)c1ccc(C(=O)NC(C)(C(N)=O)C2CCCC2)s1. The number of nitrogens with two attached hydrogens (primary N) is 1. The molecule has 174 valence electrons. The Morgan fingerprint density at radius 2 is 1.91 bits per heavy atom. The molecule has 0 saturated heterocycles. The summed E-state index contributed by atoms with van der Waals surface area (Å²) in [6.07, 6.45) is -0.0135. The number of hydrogen-bond acceptors (Lipinski definition) is 5. The summed E-state index contributed by atoms with van der Waals surface area (Å²) in [7, 11) is 0. The van der Waals surface area contributed by atoms with Crippen LogP contribution >= 0.6 is 11.3 Å². The van der Waals surface area contributed by atoms with E-state index in [2.05, 4.69) is 15.6 Å². The molecule has 1 saturated carbocycles. The fraction of sp³-hybridized carbons (Fsp3) is 0.500. The Balaban J connectivity index is 1.74. The topological polar surface area (TPSA) is 97.1 Å². The third kappa shape index (κ3) is 5.06. The number of primary amides is 1. The molecule has 2 atom stereocenters. The van der Waals surface area contributed by atoms with Crippen LogP contribution in [0.2, 0.25) is 0 Å². The number of amides is 2. The summed E-state index contributed by atoms with van der Waals surface area (Å²) in [5.41, 5.74) is 4.38. The monoisotopic (exact) mass is 468 g/mol. The van der Waals surface area contributed by atoms with Crippen molar-refractivity contribution < 1.29 is 22.8 Å². The van der Waals surface area contributed by atoms with Gasteiger partial charge in [-0.05, 0) is 57.7 Å². The minimum Gasteiger partial charge on any atom is -0.376 e. The maximum Gasteiger partial charge on any atom is 0.417 e. The molecule has 0 radical (unpaired) electrons. The predicted molar refractivity (Wildman–Crippen MR) is 117 cm³/mol. The molecule has 0 aliphatic heterocycles. The number of carbonyl (C=O) groups excluding carboxylic acids is 2. The first-order valence-corrected chi connectivity index (χ1v) is 11.3. The van der Waals surface area contributed by atoms with Crippen molar-refractivity contribution in [3.05, 3.63) is 45.4 Å². The molecule has 0 aromatic carbocycles. The number of aryl methyl sites for hydroxylation is 1. The fourth-order valence-corrected chi connectivity index (χ4v) is 4.92. The first kappa shape index (κ1) is 24.0. The van der Waals surface area contributed by atoms with Crippen molar-refractivity contribution >= 4 is 28.8 Å². The largest absolute Gasteiger partial charge is 0.417 e. The highest BCUT2D eigenvalue weighted by atomic mass is 32.1. The summed E-state index contributed by atoms with van der Waals surface area (Å²) in [5.74, 6) is -0.948. The maximum atomic E-state index is 13.0. The molecule has 2 amide bonds. The number of anilines is 1. The maximum absolute atomic E-state index is 13.0. The molecule has 6 nitrogen and oxygen atoms in total. The lowest BCUT2D eigenvalue weighted by Gasteiger charge is -2.33. The number of rotatable bonds is 7. The van der Waals surface area contributed by atoms with Crippen LogP contribution in [-0.2, 0) is 11.0 Å². The Labute approximate surface area is 188 Å². The lowest BCUT2D eigenvalue weighted by atomic mass is 9.83. The van der Waals surface area contributed by atoms with E-state index < -0.39 is 29.1 Å². The quantitative estimate of drug-likeness (QED) is 0.543. The summed E-state index contributed by atoms with van der Waals surface area (Å²) < 4.78 is 39.0. The number of aromatic nitrogens is 1. The predicted octanol–water partition coefficient (Wildman–Crippen LogP) is 4.81. The van der Waals surface area contributed by atoms with Crippen molar-refractivity contribution in [1.29, 1.82) is 0 Å². The lowest BCUT2D eigenvalue weighted by Crippen LogP contribution is -2.59. The van der Waals surface area contributed by atoms with Crippen molar-refractivity contribution in [2.75, 3.05) is 5.32 Å². The van der Waals surface area contributed by atoms with Crippen LogP contribution in [-0.4, -0.2) is 22.3 Å². The standard InChI is InChI=1S/C22H27F3N4O2S/c1-12-16(10-15(11-27-12)22(23,24)25)28-13(2)17-8-9-18(32-17)19(30)29-21(3,20(26)31)14-6-4-5-7-14/h8-11,13-14,28H,4-7H2,1-3H3,(H2,26,31)(H,29,30). The third-order valence-corrected chi connectivity index (χ3v) is 7.39. The summed E-state index contributed by atoms with van der Waals surface area (Å²) >= 11 is 1.21. The molecular weight excluding hydrogens is 441 g/mol. The van der Waals surface area contributed by atoms with E-state index in [1.54, 1.807) is 32.9 Å². The van der Waals surface area contributed by atoms with Gasteiger partial charge in [0.25, 0.3) is 5.91 Å². The van der Waals surface area contributed by atoms with Crippen LogP contribution in [0.1, 0.15) is 71.4 Å². The van der Waals surface area contributed by atoms with E-state index in [0.29, 0.717) is 10.6 Å². The Hall–Kier alpha value is -2.62. The Bertz CT molecular complexity index is 1000. The average Bonchev–Trinajstić information content (AvgIpc) is 3.41. The zero-order valence-corrected chi connectivity index (χ0v) is 19.0. The number of pyridine rings is 1. The van der Waals surface area contributed by atoms with Gasteiger partial charge in [-0.1, -0.05) is 12.8 Å². The van der Waals surface area contributed by atoms with E-state index in [9.17, 15) is 22.8 Å². The van der Waals surface area contributed by atoms with E-state index in [-0.39, 0.29) is 17.6 Å². The zero-order chi connectivity index (χ0) is 23.7. The molecule has 1 aliphatic carbocycles. The second-order valence-electron chi connectivity index (χ2n) is 8.42. The number of nitrogens with zero attached hydrogens (tertiary/aromatic N) is 1. The Morgan fingerprint density at radius 1 is 1.25 bits per heavy atom. The Kier molecular flexibility index (Phi) is 6.83. The number of halogens is 3. The van der Waals surface area contributed by atoms with Gasteiger partial charge in [0.1, 0.15) is 5.54 Å². The van der Waals surface area contributed by atoms with Crippen molar-refractivity contribution in [1.82, 2.24) is 10.3 Å². The van der Waals surface area contributed by atoms with Gasteiger partial charge in [-0.3, -0.25) is 14.6 Å². The van der Waals surface area contributed by atoms with E-state index in [0.717, 1.165) is 42.8 Å². The van der Waals surface area contributed by atoms with Crippen LogP contribution in [0.5, 0.6) is 0 Å². The van der Waals surface area contributed by atoms with E-state index in [1.807, 2.05) is 0 Å². The normalized spacial score (nSPS) is 17.6. The number of hydrogen-bond donors (Lipinski definition) is 3. The highest BCUT2D eigenvalue weighted by Crippen LogP contribution is 2.35. The van der Waals surface area contributed by atoms with Gasteiger partial charge >= 0.3 is 6.18 Å². The van der Waals surface area contributed by atoms with E-state index >= 15 is 0 Å². The van der Waals surface area contributed by atoms with Crippen LogP contribution < -0.4 is 16.4 Å². The Morgan fingerprint density at radius 3 is 2.50 bits per heavy atom. The second kappa shape index (κ2) is 9.09. The second-order valence-corrected chi connectivity index (χ2v) is 9.54. The zero-order valence-electron chi connectivity index (χ0n) is 18.2. The highest BCUT2D eigenvalue weighted by molar-refractivity contribution is 7.14. The number of alkyl halides is 3. The minimum absolute atomic E-state index is 0.000331. The van der Waals surface area contributed by atoms with Crippen LogP contribution in [0.4, 0.5) is 18.9 Å². The number of carbonyl (C=O) groups is 2. The van der Waals surface area contributed by atoms with E-state index in [4.69, 9.17) is 5.73 Å². The first-order valence-electron chi connectivity index (χ1n) is 10.4. The van der Waals surface area contributed by atoms with Crippen LogP contribution in [0.25, 0.3) is 0 Å². The molecule has 1 fully saturated rings. The average molecular weight is 469 g/mol. The van der Waals surface area contributed by atoms with Crippen LogP contribution in [0, 0.1) is 12.8 Å². The summed E-state index contributed by atoms with van der Waals surface area (Å²) in [6.45, 7) is 5.08. The van der Waals surface area contributed by atoms with Gasteiger partial charge in [-0.25, -0.2) is 0 Å². The van der Waals surface area contributed by atoms with E-state index in [1.165, 1.54) is 11.3 Å². The molecule has 0 bridgehead atoms. The van der Waals surface area contributed by atoms with Gasteiger partial charge in [0, 0.05) is 11.1 Å². The smallest absolute Gasteiger partial charge is 0.376 e. The van der Waals surface area contributed by atoms with Gasteiger partial charge in [0.2, 0.25) is 5.91 Å². The van der Waals surface area contributed by atoms with Gasteiger partial charge in [0.05, 0.1) is 27.9 Å². The molecule has 3 rings (SSSR count). The molecule has 32 heavy (non-hydrogen) atoms. The van der Waals surface area contributed by atoms with Crippen molar-refractivity contribution in [2.24, 2.45) is 11.7 Å². The summed E-state index contributed by atoms with van der Waals surface area (Å²) in [4.78, 5) is 30.0. The van der Waals surface area contributed by atoms with Gasteiger partial charge in [-0.15, -0.1) is 11.3 Å². The molecule has 0 spiro atoms. The molecule has 2 aromatic rings. The molecule has 2 unspecified atom stereocenters. The van der Waals surface area contributed by atoms with Gasteiger partial charge < -0.3 is 16.4 Å². The first-order chi connectivity index (χ1) is 14.9. The minimum atomic E-state index is -4.49. The molecular formula is C22H27F3N4O2S. The highest BCUT2D eigenvalue weighted by Gasteiger charge is 2.42. The van der Waals surface area contributed by atoms with Crippen molar-refractivity contribution in [3.63, 3.8) is 0 Å². The molecule has 2 aromatic heterocycles. The van der Waals surface area contributed by atoms with Crippen molar-refractivity contribution in [2.45, 2.75) is 64.2 Å². The van der Waals surface area contributed by atoms with Gasteiger partial charge in [0.15, 0.2) is 0 Å². The van der Waals surface area contributed by atoms with Crippen LogP contribution in [0.3, 0.4) is 0 Å². The molecule has 1 aliphatic rings. The van der Waals surface area contributed by atoms with Crippen LogP contribution in [0.15, 0.2) is 24.4 Å². The van der Waals surface area contributed by atoms with Crippen molar-refractivity contribution in [3.8, 4) is 0 Å². The molecule has 10 heteroatoms. The molecule has 4 N–H and O–H groups in total. The summed E-state index contributed by atoms with van der Waals surface area (Å²) in [5, 5.41) is 5.87. The fourth-order valence-electron chi connectivity index (χ4n) is 4.01. The van der Waals surface area contributed by atoms with Gasteiger partial charge in [-0.2, -0.15) is 13.2 Å².